The molecule has 0 aromatic rings. The molecule has 0 bridgehead atoms. The number of nitrogens with two attached hydrogens (primary N) is 1. The highest BCUT2D eigenvalue weighted by molar-refractivity contribution is 7.91. The Balaban J connectivity index is 2.32. The number of hydrogen-bond donors (Lipinski definition) is 2. The van der Waals surface area contributed by atoms with Crippen molar-refractivity contribution in [3.63, 3.8) is 0 Å². The summed E-state index contributed by atoms with van der Waals surface area (Å²) in [5, 5.41) is 8.76. The molecule has 1 fully saturated rings. The maximum absolute atomic E-state index is 11.2. The Bertz CT molecular complexity index is 292. The minimum Gasteiger partial charge on any atom is -0.395 e. The van der Waals surface area contributed by atoms with Crippen LogP contribution in [0.15, 0.2) is 0 Å². The van der Waals surface area contributed by atoms with E-state index in [1.165, 1.54) is 0 Å². The maximum atomic E-state index is 11.2. The lowest BCUT2D eigenvalue weighted by atomic mass is 10.2. The number of hydrogen-bond acceptors (Lipinski definition) is 5. The molecule has 0 saturated carbocycles. The van der Waals surface area contributed by atoms with E-state index in [0.717, 1.165) is 6.54 Å². The lowest BCUT2D eigenvalue weighted by molar-refractivity contribution is 0.218. The van der Waals surface area contributed by atoms with Crippen LogP contribution in [-0.4, -0.2) is 62.2 Å². The molecule has 1 saturated heterocycles. The predicted octanol–water partition coefficient (Wildman–Crippen LogP) is -1.18. The van der Waals surface area contributed by atoms with Gasteiger partial charge in [0.2, 0.25) is 0 Å². The van der Waals surface area contributed by atoms with Gasteiger partial charge in [0, 0.05) is 12.1 Å². The van der Waals surface area contributed by atoms with Gasteiger partial charge in [0.25, 0.3) is 0 Å². The van der Waals surface area contributed by atoms with Gasteiger partial charge in [-0.25, -0.2) is 8.42 Å². The van der Waals surface area contributed by atoms with E-state index in [1.54, 1.807) is 0 Å². The minimum atomic E-state index is -2.81. The third-order valence-corrected chi connectivity index (χ3v) is 4.67. The Labute approximate surface area is 91.2 Å². The first-order valence-electron chi connectivity index (χ1n) is 5.21. The molecule has 2 unspecified atom stereocenters. The summed E-state index contributed by atoms with van der Waals surface area (Å²) in [7, 11) is -0.895. The molecule has 0 aromatic heterocycles. The van der Waals surface area contributed by atoms with Gasteiger partial charge in [0.15, 0.2) is 9.84 Å². The predicted molar refractivity (Wildman–Crippen MR) is 59.4 cm³/mol. The largest absolute Gasteiger partial charge is 0.395 e. The molecule has 90 valence electrons. The van der Waals surface area contributed by atoms with Crippen LogP contribution in [0, 0.1) is 0 Å². The van der Waals surface area contributed by atoms with Crippen LogP contribution < -0.4 is 5.73 Å². The van der Waals surface area contributed by atoms with Crippen LogP contribution in [0.2, 0.25) is 0 Å². The molecule has 6 heteroatoms. The third kappa shape index (κ3) is 4.06. The first-order valence-corrected chi connectivity index (χ1v) is 7.04. The van der Waals surface area contributed by atoms with Gasteiger partial charge in [0.05, 0.1) is 18.1 Å². The van der Waals surface area contributed by atoms with Crippen LogP contribution in [-0.2, 0) is 9.84 Å². The van der Waals surface area contributed by atoms with Crippen molar-refractivity contribution in [2.45, 2.75) is 24.9 Å². The second-order valence-corrected chi connectivity index (χ2v) is 6.50. The molecule has 0 spiro atoms. The van der Waals surface area contributed by atoms with E-state index in [4.69, 9.17) is 10.8 Å². The van der Waals surface area contributed by atoms with E-state index in [1.807, 2.05) is 11.9 Å². The minimum absolute atomic E-state index is 0.0171. The fourth-order valence-electron chi connectivity index (χ4n) is 1.77. The molecular formula is C9H20N2O3S. The second-order valence-electron chi connectivity index (χ2n) is 4.27. The van der Waals surface area contributed by atoms with Gasteiger partial charge >= 0.3 is 0 Å². The maximum Gasteiger partial charge on any atom is 0.151 e. The van der Waals surface area contributed by atoms with Crippen molar-refractivity contribution in [2.75, 3.05) is 31.7 Å². The molecule has 1 rings (SSSR count). The summed E-state index contributed by atoms with van der Waals surface area (Å²) in [6, 6.07) is -0.0775. The van der Waals surface area contributed by atoms with Gasteiger partial charge in [-0.1, -0.05) is 0 Å². The average Bonchev–Trinajstić information content (AvgIpc) is 2.54. The van der Waals surface area contributed by atoms with Gasteiger partial charge in [0.1, 0.15) is 0 Å². The quantitative estimate of drug-likeness (QED) is 0.627. The number of nitrogens with zero attached hydrogens (tertiary/aromatic N) is 1. The highest BCUT2D eigenvalue weighted by Crippen LogP contribution is 2.16. The van der Waals surface area contributed by atoms with Crippen LogP contribution in [0.25, 0.3) is 0 Å². The van der Waals surface area contributed by atoms with Gasteiger partial charge < -0.3 is 15.7 Å². The molecular weight excluding hydrogens is 216 g/mol. The van der Waals surface area contributed by atoms with Crippen LogP contribution in [0.5, 0.6) is 0 Å². The Morgan fingerprint density at radius 3 is 2.73 bits per heavy atom. The number of rotatable bonds is 5. The van der Waals surface area contributed by atoms with Crippen LogP contribution in [0.3, 0.4) is 0 Å². The van der Waals surface area contributed by atoms with E-state index in [-0.39, 0.29) is 24.4 Å². The van der Waals surface area contributed by atoms with E-state index in [9.17, 15) is 8.42 Å². The van der Waals surface area contributed by atoms with Crippen molar-refractivity contribution in [1.29, 1.82) is 0 Å². The van der Waals surface area contributed by atoms with Crippen LogP contribution >= 0.6 is 0 Å². The van der Waals surface area contributed by atoms with Crippen molar-refractivity contribution in [2.24, 2.45) is 5.73 Å². The summed E-state index contributed by atoms with van der Waals surface area (Å²) < 4.78 is 22.5. The Kier molecular flexibility index (Phi) is 4.51. The fourth-order valence-corrected chi connectivity index (χ4v) is 3.57. The summed E-state index contributed by atoms with van der Waals surface area (Å²) in [5.74, 6) is 0.561. The Hall–Kier alpha value is -0.170. The number of sulfone groups is 1. The molecule has 0 aliphatic carbocycles. The molecule has 1 heterocycles. The first-order chi connectivity index (χ1) is 6.94. The SMILES string of the molecule is CN(CCC(N)CO)C1CCS(=O)(=O)C1. The molecule has 2 atom stereocenters. The Morgan fingerprint density at radius 1 is 1.60 bits per heavy atom. The molecule has 0 radical (unpaired) electrons. The van der Waals surface area contributed by atoms with E-state index in [0.29, 0.717) is 18.6 Å². The first kappa shape index (κ1) is 12.9. The lowest BCUT2D eigenvalue weighted by Crippen LogP contribution is -2.37. The van der Waals surface area contributed by atoms with E-state index in [2.05, 4.69) is 0 Å². The molecule has 0 aromatic carbocycles. The summed E-state index contributed by atoms with van der Waals surface area (Å²) in [6.45, 7) is 0.721. The second kappa shape index (κ2) is 5.25. The zero-order chi connectivity index (χ0) is 11.5. The third-order valence-electron chi connectivity index (χ3n) is 2.92. The highest BCUT2D eigenvalue weighted by Gasteiger charge is 2.30. The Morgan fingerprint density at radius 2 is 2.27 bits per heavy atom. The van der Waals surface area contributed by atoms with Gasteiger partial charge in [-0.15, -0.1) is 0 Å². The summed E-state index contributed by atoms with van der Waals surface area (Å²) >= 11 is 0. The van der Waals surface area contributed by atoms with Crippen molar-refractivity contribution in [3.8, 4) is 0 Å². The molecule has 5 nitrogen and oxygen atoms in total. The van der Waals surface area contributed by atoms with Crippen molar-refractivity contribution < 1.29 is 13.5 Å². The monoisotopic (exact) mass is 236 g/mol. The highest BCUT2D eigenvalue weighted by atomic mass is 32.2. The number of aliphatic hydroxyl groups is 1. The van der Waals surface area contributed by atoms with Crippen molar-refractivity contribution in [1.82, 2.24) is 4.90 Å². The summed E-state index contributed by atoms with van der Waals surface area (Å²) in [4.78, 5) is 2.03. The van der Waals surface area contributed by atoms with Crippen LogP contribution in [0.1, 0.15) is 12.8 Å². The van der Waals surface area contributed by atoms with Crippen molar-refractivity contribution in [3.05, 3.63) is 0 Å². The van der Waals surface area contributed by atoms with Crippen molar-refractivity contribution >= 4 is 9.84 Å². The molecule has 3 N–H and O–H groups in total. The topological polar surface area (TPSA) is 83.6 Å². The van der Waals surface area contributed by atoms with Crippen LogP contribution in [0.4, 0.5) is 0 Å². The molecule has 0 amide bonds. The molecule has 1 aliphatic heterocycles. The van der Waals surface area contributed by atoms with Gasteiger partial charge in [-0.2, -0.15) is 0 Å². The van der Waals surface area contributed by atoms with E-state index < -0.39 is 9.84 Å². The molecule has 15 heavy (non-hydrogen) atoms. The fraction of sp³-hybridized carbons (Fsp3) is 1.00. The lowest BCUT2D eigenvalue weighted by Gasteiger charge is -2.23. The van der Waals surface area contributed by atoms with Gasteiger partial charge in [-0.3, -0.25) is 0 Å². The van der Waals surface area contributed by atoms with E-state index >= 15 is 0 Å². The van der Waals surface area contributed by atoms with Gasteiger partial charge in [-0.05, 0) is 26.4 Å². The summed E-state index contributed by atoms with van der Waals surface area (Å²) in [5.41, 5.74) is 5.58. The zero-order valence-electron chi connectivity index (χ0n) is 9.09. The smallest absolute Gasteiger partial charge is 0.151 e. The number of aliphatic hydroxyl groups excluding tert-OH is 1. The average molecular weight is 236 g/mol. The zero-order valence-corrected chi connectivity index (χ0v) is 9.91. The summed E-state index contributed by atoms with van der Waals surface area (Å²) in [6.07, 6.45) is 1.41. The normalized spacial score (nSPS) is 27.1. The standard InChI is InChI=1S/C9H20N2O3S/c1-11(4-2-8(10)6-12)9-3-5-15(13,14)7-9/h8-9,12H,2-7,10H2,1H3. The molecule has 1 aliphatic rings.